The maximum Gasteiger partial charge on any atom is 0.192 e. The van der Waals surface area contributed by atoms with Gasteiger partial charge in [-0.1, -0.05) is 20.8 Å². The normalized spacial score (nSPS) is 19.8. The first-order chi connectivity index (χ1) is 16.2. The Kier molecular flexibility index (Phi) is 7.86. The second-order valence-corrected chi connectivity index (χ2v) is 15.4. The Morgan fingerprint density at radius 2 is 1.88 bits per heavy atom. The summed E-state index contributed by atoms with van der Waals surface area (Å²) in [5.74, 6) is 2.43. The number of pyridine rings is 1. The van der Waals surface area contributed by atoms with Crippen LogP contribution in [0, 0.1) is 0 Å². The van der Waals surface area contributed by atoms with Crippen LogP contribution in [0.3, 0.4) is 0 Å². The molecule has 1 atom stereocenters. The van der Waals surface area contributed by atoms with Crippen LogP contribution in [-0.2, 0) is 20.5 Å². The second-order valence-electron chi connectivity index (χ2n) is 10.6. The van der Waals surface area contributed by atoms with Crippen molar-refractivity contribution in [1.29, 1.82) is 0 Å². The summed E-state index contributed by atoms with van der Waals surface area (Å²) in [4.78, 5) is 16.4. The molecule has 2 aromatic rings. The van der Waals surface area contributed by atoms with Crippen LogP contribution in [0.4, 0.5) is 17.3 Å². The molecule has 0 radical (unpaired) electrons. The zero-order chi connectivity index (χ0) is 24.2. The lowest BCUT2D eigenvalue weighted by molar-refractivity contribution is 0.0150. The van der Waals surface area contributed by atoms with E-state index in [0.29, 0.717) is 12.4 Å². The van der Waals surface area contributed by atoms with Gasteiger partial charge in [0, 0.05) is 31.5 Å². The molecule has 34 heavy (non-hydrogen) atoms. The van der Waals surface area contributed by atoms with Crippen LogP contribution in [0.25, 0.3) is 0 Å². The van der Waals surface area contributed by atoms with Gasteiger partial charge in [-0.05, 0) is 49.5 Å². The van der Waals surface area contributed by atoms with Gasteiger partial charge in [-0.2, -0.15) is 0 Å². The van der Waals surface area contributed by atoms with Crippen molar-refractivity contribution in [2.24, 2.45) is 0 Å². The van der Waals surface area contributed by atoms with Crippen LogP contribution in [0.5, 0.6) is 0 Å². The van der Waals surface area contributed by atoms with Crippen LogP contribution >= 0.6 is 0 Å². The highest BCUT2D eigenvalue weighted by Crippen LogP contribution is 2.37. The maximum absolute atomic E-state index is 6.38. The summed E-state index contributed by atoms with van der Waals surface area (Å²) in [7, 11) is -1.90. The van der Waals surface area contributed by atoms with Gasteiger partial charge in [-0.3, -0.25) is 0 Å². The highest BCUT2D eigenvalue weighted by Gasteiger charge is 2.37. The lowest BCUT2D eigenvalue weighted by atomic mass is 10.0. The Hall–Kier alpha value is -2.07. The van der Waals surface area contributed by atoms with Crippen LogP contribution in [0.2, 0.25) is 18.1 Å². The average Bonchev–Trinajstić information content (AvgIpc) is 2.84. The van der Waals surface area contributed by atoms with Crippen molar-refractivity contribution >= 4 is 25.6 Å². The van der Waals surface area contributed by atoms with E-state index in [2.05, 4.69) is 60.1 Å². The van der Waals surface area contributed by atoms with Crippen molar-refractivity contribution in [3.05, 3.63) is 35.9 Å². The number of ether oxygens (including phenoxy) is 2. The number of morpholine rings is 1. The van der Waals surface area contributed by atoms with Crippen molar-refractivity contribution in [2.45, 2.75) is 70.9 Å². The van der Waals surface area contributed by atoms with Crippen molar-refractivity contribution < 1.29 is 13.9 Å². The van der Waals surface area contributed by atoms with Gasteiger partial charge < -0.3 is 24.1 Å². The summed E-state index contributed by atoms with van der Waals surface area (Å²) in [6.45, 7) is 15.6. The highest BCUT2D eigenvalue weighted by atomic mass is 28.4. The molecule has 1 N–H and O–H groups in total. The third kappa shape index (κ3) is 6.13. The maximum atomic E-state index is 6.38. The van der Waals surface area contributed by atoms with Crippen LogP contribution in [0.15, 0.2) is 24.5 Å². The summed E-state index contributed by atoms with van der Waals surface area (Å²) in [6.07, 6.45) is 7.01. The molecule has 2 aromatic heterocycles. The smallest absolute Gasteiger partial charge is 0.192 e. The SMILES string of the molecule is CC(C)(C)[Si](C)(C)OCc1ncc(C2CCCCO2)c(Nc2ccc(N3CCOCC3)nc2)n1. The number of rotatable bonds is 7. The van der Waals surface area contributed by atoms with E-state index in [-0.39, 0.29) is 11.1 Å². The fourth-order valence-electron chi connectivity index (χ4n) is 3.86. The van der Waals surface area contributed by atoms with Crippen LogP contribution in [-0.4, -0.2) is 56.2 Å². The summed E-state index contributed by atoms with van der Waals surface area (Å²) in [6, 6.07) is 4.10. The van der Waals surface area contributed by atoms with Gasteiger partial charge in [0.25, 0.3) is 0 Å². The van der Waals surface area contributed by atoms with E-state index in [0.717, 1.165) is 75.1 Å². The Morgan fingerprint density at radius 1 is 1.09 bits per heavy atom. The standard InChI is InChI=1S/C25H39N5O3Si/c1-25(2,3)34(4,5)33-18-22-26-17-20(21-8-6-7-13-32-21)24(29-22)28-19-9-10-23(27-16-19)30-11-14-31-15-12-30/h9-10,16-17,21H,6-8,11-15,18H2,1-5H3,(H,26,28,29). The number of nitrogens with one attached hydrogen (secondary N) is 1. The van der Waals surface area contributed by atoms with E-state index in [9.17, 15) is 0 Å². The van der Waals surface area contributed by atoms with Gasteiger partial charge >= 0.3 is 0 Å². The lowest BCUT2D eigenvalue weighted by Crippen LogP contribution is -2.40. The molecule has 0 spiro atoms. The first kappa shape index (κ1) is 25.0. The first-order valence-corrected chi connectivity index (χ1v) is 15.3. The fraction of sp³-hybridized carbons (Fsp3) is 0.640. The second kappa shape index (κ2) is 10.7. The van der Waals surface area contributed by atoms with Gasteiger partial charge in [-0.15, -0.1) is 0 Å². The quantitative estimate of drug-likeness (QED) is 0.535. The minimum Gasteiger partial charge on any atom is -0.409 e. The molecule has 2 fully saturated rings. The van der Waals surface area contributed by atoms with E-state index < -0.39 is 8.32 Å². The van der Waals surface area contributed by atoms with Crippen molar-refractivity contribution in [3.63, 3.8) is 0 Å². The predicted octanol–water partition coefficient (Wildman–Crippen LogP) is 5.22. The zero-order valence-corrected chi connectivity index (χ0v) is 22.3. The van der Waals surface area contributed by atoms with E-state index in [4.69, 9.17) is 18.9 Å². The molecule has 186 valence electrons. The topological polar surface area (TPSA) is 81.6 Å². The number of aromatic nitrogens is 3. The molecule has 4 rings (SSSR count). The fourth-order valence-corrected chi connectivity index (χ4v) is 4.78. The molecule has 0 aromatic carbocycles. The highest BCUT2D eigenvalue weighted by molar-refractivity contribution is 6.74. The Balaban J connectivity index is 1.53. The summed E-state index contributed by atoms with van der Waals surface area (Å²) >= 11 is 0. The molecule has 0 amide bonds. The molecule has 2 aliphatic rings. The lowest BCUT2D eigenvalue weighted by Gasteiger charge is -2.35. The summed E-state index contributed by atoms with van der Waals surface area (Å²) in [5, 5.41) is 3.62. The molecule has 2 aliphatic heterocycles. The average molecular weight is 486 g/mol. The molecule has 0 saturated carbocycles. The first-order valence-electron chi connectivity index (χ1n) is 12.4. The molecule has 4 heterocycles. The number of nitrogens with zero attached hydrogens (tertiary/aromatic N) is 4. The number of hydrogen-bond donors (Lipinski definition) is 1. The monoisotopic (exact) mass is 485 g/mol. The van der Waals surface area contributed by atoms with Gasteiger partial charge in [-0.25, -0.2) is 15.0 Å². The molecular formula is C25H39N5O3Si. The largest absolute Gasteiger partial charge is 0.409 e. The molecule has 9 heteroatoms. The minimum absolute atomic E-state index is 0.00666. The Labute approximate surface area is 204 Å². The van der Waals surface area contributed by atoms with E-state index in [1.807, 2.05) is 18.5 Å². The third-order valence-electron chi connectivity index (χ3n) is 7.11. The number of hydrogen-bond acceptors (Lipinski definition) is 8. The molecular weight excluding hydrogens is 446 g/mol. The van der Waals surface area contributed by atoms with E-state index in [1.165, 1.54) is 0 Å². The van der Waals surface area contributed by atoms with Gasteiger partial charge in [0.15, 0.2) is 14.1 Å². The molecule has 0 aliphatic carbocycles. The third-order valence-corrected chi connectivity index (χ3v) is 11.6. The molecule has 1 unspecified atom stereocenters. The molecule has 0 bridgehead atoms. The summed E-state index contributed by atoms with van der Waals surface area (Å²) < 4.78 is 17.9. The number of anilines is 3. The summed E-state index contributed by atoms with van der Waals surface area (Å²) in [5.41, 5.74) is 1.89. The van der Waals surface area contributed by atoms with Crippen LogP contribution in [0.1, 0.15) is 57.5 Å². The Morgan fingerprint density at radius 3 is 2.53 bits per heavy atom. The van der Waals surface area contributed by atoms with E-state index in [1.54, 1.807) is 0 Å². The Bertz CT molecular complexity index is 937. The zero-order valence-electron chi connectivity index (χ0n) is 21.3. The van der Waals surface area contributed by atoms with Crippen molar-refractivity contribution in [1.82, 2.24) is 15.0 Å². The predicted molar refractivity (Wildman–Crippen MR) is 137 cm³/mol. The van der Waals surface area contributed by atoms with Crippen LogP contribution < -0.4 is 10.2 Å². The molecule has 8 nitrogen and oxygen atoms in total. The van der Waals surface area contributed by atoms with E-state index >= 15 is 0 Å². The van der Waals surface area contributed by atoms with Gasteiger partial charge in [0.1, 0.15) is 11.6 Å². The van der Waals surface area contributed by atoms with Crippen molar-refractivity contribution in [2.75, 3.05) is 43.1 Å². The van der Waals surface area contributed by atoms with Gasteiger partial charge in [0.05, 0.1) is 37.8 Å². The minimum atomic E-state index is -1.90. The van der Waals surface area contributed by atoms with Crippen molar-refractivity contribution in [3.8, 4) is 0 Å². The van der Waals surface area contributed by atoms with Gasteiger partial charge in [0.2, 0.25) is 0 Å². The molecule has 2 saturated heterocycles.